The van der Waals surface area contributed by atoms with Crippen molar-refractivity contribution in [3.8, 4) is 5.75 Å². The van der Waals surface area contributed by atoms with E-state index in [0.717, 1.165) is 11.3 Å². The lowest BCUT2D eigenvalue weighted by Gasteiger charge is -2.25. The highest BCUT2D eigenvalue weighted by molar-refractivity contribution is 5.92. The fourth-order valence-corrected chi connectivity index (χ4v) is 2.64. The molecule has 0 aromatic heterocycles. The fraction of sp³-hybridized carbons (Fsp3) is 0.444. The van der Waals surface area contributed by atoms with E-state index in [2.05, 4.69) is 5.32 Å². The summed E-state index contributed by atoms with van der Waals surface area (Å²) in [5.74, 6) is 0.718. The van der Waals surface area contributed by atoms with Crippen molar-refractivity contribution in [2.75, 3.05) is 7.11 Å². The molecule has 5 heteroatoms. The highest BCUT2D eigenvalue weighted by atomic mass is 16.6. The average molecular weight is 317 g/mol. The molecule has 1 aliphatic rings. The second-order valence-corrected chi connectivity index (χ2v) is 6.61. The third kappa shape index (κ3) is 4.84. The normalized spacial score (nSPS) is 18.2. The monoisotopic (exact) mass is 317 g/mol. The first kappa shape index (κ1) is 17.1. The van der Waals surface area contributed by atoms with Crippen molar-refractivity contribution in [1.82, 2.24) is 5.32 Å². The van der Waals surface area contributed by atoms with E-state index < -0.39 is 11.7 Å². The number of carbonyl (C=O) groups excluding carboxylic acids is 2. The summed E-state index contributed by atoms with van der Waals surface area (Å²) >= 11 is 0. The van der Waals surface area contributed by atoms with Crippen LogP contribution in [0.5, 0.6) is 5.75 Å². The topological polar surface area (TPSA) is 64.6 Å². The molecular formula is C18H23NO4. The Morgan fingerprint density at radius 2 is 1.91 bits per heavy atom. The summed E-state index contributed by atoms with van der Waals surface area (Å²) in [5, 5.41) is 2.68. The largest absolute Gasteiger partial charge is 0.496 e. The smallest absolute Gasteiger partial charge is 0.411 e. The standard InChI is InChI=1S/C18H23NO4/c1-18(2,3)23-17(21)19-13-9-12(10-14(20)11-13)15-7-5-6-8-16(15)22-4/h5-8,11-12H,9-10H2,1-4H3,(H,19,21)/t12-/m1/s1. The first-order valence-corrected chi connectivity index (χ1v) is 7.65. The van der Waals surface area contributed by atoms with E-state index in [1.54, 1.807) is 27.9 Å². The number of alkyl carbamates (subject to hydrolysis) is 1. The predicted molar refractivity (Wildman–Crippen MR) is 87.4 cm³/mol. The molecule has 2 rings (SSSR count). The van der Waals surface area contributed by atoms with Gasteiger partial charge in [0.2, 0.25) is 0 Å². The lowest BCUT2D eigenvalue weighted by Crippen LogP contribution is -2.33. The van der Waals surface area contributed by atoms with Gasteiger partial charge in [0, 0.05) is 24.1 Å². The third-order valence-electron chi connectivity index (χ3n) is 3.49. The predicted octanol–water partition coefficient (Wildman–Crippen LogP) is 3.55. The molecule has 0 heterocycles. The van der Waals surface area contributed by atoms with E-state index >= 15 is 0 Å². The van der Waals surface area contributed by atoms with E-state index in [0.29, 0.717) is 18.5 Å². The first-order valence-electron chi connectivity index (χ1n) is 7.65. The molecule has 0 bridgehead atoms. The van der Waals surface area contributed by atoms with Crippen molar-refractivity contribution in [3.05, 3.63) is 41.6 Å². The highest BCUT2D eigenvalue weighted by Gasteiger charge is 2.26. The van der Waals surface area contributed by atoms with Gasteiger partial charge in [-0.05, 0) is 38.8 Å². The van der Waals surface area contributed by atoms with E-state index in [1.807, 2.05) is 24.3 Å². The van der Waals surface area contributed by atoms with E-state index in [9.17, 15) is 9.59 Å². The van der Waals surface area contributed by atoms with Gasteiger partial charge in [0.1, 0.15) is 11.4 Å². The van der Waals surface area contributed by atoms with Crippen molar-refractivity contribution >= 4 is 11.9 Å². The van der Waals surface area contributed by atoms with Gasteiger partial charge < -0.3 is 9.47 Å². The minimum absolute atomic E-state index is 0.0155. The molecule has 1 atom stereocenters. The van der Waals surface area contributed by atoms with Crippen LogP contribution >= 0.6 is 0 Å². The molecule has 1 aromatic carbocycles. The Morgan fingerprint density at radius 1 is 1.22 bits per heavy atom. The number of amides is 1. The highest BCUT2D eigenvalue weighted by Crippen LogP contribution is 2.35. The SMILES string of the molecule is COc1ccccc1[C@H]1CC(=O)C=C(NC(=O)OC(C)(C)C)C1. The molecule has 124 valence electrons. The number of allylic oxidation sites excluding steroid dienone is 2. The minimum atomic E-state index is -0.578. The molecule has 0 unspecified atom stereocenters. The number of carbonyl (C=O) groups is 2. The van der Waals surface area contributed by atoms with Gasteiger partial charge in [0.25, 0.3) is 0 Å². The Balaban J connectivity index is 2.12. The van der Waals surface area contributed by atoms with Crippen molar-refractivity contribution in [2.45, 2.75) is 45.1 Å². The number of ketones is 1. The molecule has 0 saturated heterocycles. The molecule has 0 fully saturated rings. The van der Waals surface area contributed by atoms with Gasteiger partial charge in [-0.1, -0.05) is 18.2 Å². The summed E-state index contributed by atoms with van der Waals surface area (Å²) in [7, 11) is 1.61. The molecule has 1 aromatic rings. The van der Waals surface area contributed by atoms with Gasteiger partial charge in [-0.2, -0.15) is 0 Å². The minimum Gasteiger partial charge on any atom is -0.496 e. The maximum absolute atomic E-state index is 12.0. The maximum atomic E-state index is 12.0. The Morgan fingerprint density at radius 3 is 2.57 bits per heavy atom. The number of benzene rings is 1. The van der Waals surface area contributed by atoms with Crippen LogP contribution in [0.4, 0.5) is 4.79 Å². The van der Waals surface area contributed by atoms with Crippen LogP contribution in [0.1, 0.15) is 45.1 Å². The molecule has 0 spiro atoms. The summed E-state index contributed by atoms with van der Waals surface area (Å²) in [5.41, 5.74) is 0.970. The summed E-state index contributed by atoms with van der Waals surface area (Å²) in [6.45, 7) is 5.39. The van der Waals surface area contributed by atoms with Crippen LogP contribution in [0.25, 0.3) is 0 Å². The molecule has 1 N–H and O–H groups in total. The Hall–Kier alpha value is -2.30. The summed E-state index contributed by atoms with van der Waals surface area (Å²) in [6, 6.07) is 7.64. The van der Waals surface area contributed by atoms with E-state index in [-0.39, 0.29) is 11.7 Å². The van der Waals surface area contributed by atoms with Crippen molar-refractivity contribution in [2.24, 2.45) is 0 Å². The average Bonchev–Trinajstić information content (AvgIpc) is 2.44. The van der Waals surface area contributed by atoms with Crippen LogP contribution in [-0.4, -0.2) is 24.6 Å². The van der Waals surface area contributed by atoms with Crippen LogP contribution < -0.4 is 10.1 Å². The van der Waals surface area contributed by atoms with Gasteiger partial charge in [0.15, 0.2) is 5.78 Å². The number of nitrogens with one attached hydrogen (secondary N) is 1. The van der Waals surface area contributed by atoms with Gasteiger partial charge in [-0.15, -0.1) is 0 Å². The molecule has 0 radical (unpaired) electrons. The lowest BCUT2D eigenvalue weighted by atomic mass is 9.85. The molecular weight excluding hydrogens is 294 g/mol. The Labute approximate surface area is 136 Å². The van der Waals surface area contributed by atoms with Gasteiger partial charge >= 0.3 is 6.09 Å². The zero-order chi connectivity index (χ0) is 17.0. The Kier molecular flexibility index (Phi) is 5.08. The van der Waals surface area contributed by atoms with E-state index in [1.165, 1.54) is 6.08 Å². The third-order valence-corrected chi connectivity index (χ3v) is 3.49. The van der Waals surface area contributed by atoms with Gasteiger partial charge in [0.05, 0.1) is 7.11 Å². The second-order valence-electron chi connectivity index (χ2n) is 6.61. The quantitative estimate of drug-likeness (QED) is 0.926. The summed E-state index contributed by atoms with van der Waals surface area (Å²) in [4.78, 5) is 23.9. The van der Waals surface area contributed by atoms with Crippen LogP contribution in [0.15, 0.2) is 36.0 Å². The number of rotatable bonds is 3. The zero-order valence-corrected chi connectivity index (χ0v) is 14.0. The van der Waals surface area contributed by atoms with Gasteiger partial charge in [-0.25, -0.2) is 4.79 Å². The molecule has 0 aliphatic heterocycles. The maximum Gasteiger partial charge on any atom is 0.411 e. The number of para-hydroxylation sites is 1. The molecule has 1 aliphatic carbocycles. The van der Waals surface area contributed by atoms with Crippen molar-refractivity contribution < 1.29 is 19.1 Å². The molecule has 1 amide bonds. The van der Waals surface area contributed by atoms with Crippen molar-refractivity contribution in [1.29, 1.82) is 0 Å². The van der Waals surface area contributed by atoms with Crippen LogP contribution in [0.2, 0.25) is 0 Å². The number of hydrogen-bond acceptors (Lipinski definition) is 4. The Bertz CT molecular complexity index is 628. The number of ether oxygens (including phenoxy) is 2. The number of methoxy groups -OCH3 is 1. The molecule has 23 heavy (non-hydrogen) atoms. The lowest BCUT2D eigenvalue weighted by molar-refractivity contribution is -0.115. The molecule has 0 saturated carbocycles. The van der Waals surface area contributed by atoms with E-state index in [4.69, 9.17) is 9.47 Å². The fourth-order valence-electron chi connectivity index (χ4n) is 2.64. The van der Waals surface area contributed by atoms with Crippen LogP contribution in [0.3, 0.4) is 0 Å². The molecule has 5 nitrogen and oxygen atoms in total. The number of hydrogen-bond donors (Lipinski definition) is 1. The first-order chi connectivity index (χ1) is 10.8. The van der Waals surface area contributed by atoms with Crippen molar-refractivity contribution in [3.63, 3.8) is 0 Å². The second kappa shape index (κ2) is 6.86. The van der Waals surface area contributed by atoms with Crippen LogP contribution in [-0.2, 0) is 9.53 Å². The van der Waals surface area contributed by atoms with Gasteiger partial charge in [-0.3, -0.25) is 10.1 Å². The van der Waals surface area contributed by atoms with Crippen LogP contribution in [0, 0.1) is 0 Å². The summed E-state index contributed by atoms with van der Waals surface area (Å²) in [6.07, 6.45) is 1.90. The zero-order valence-electron chi connectivity index (χ0n) is 14.0. The summed E-state index contributed by atoms with van der Waals surface area (Å²) < 4.78 is 10.6.